The number of ether oxygens (including phenoxy) is 1. The fourth-order valence-electron chi connectivity index (χ4n) is 1.23. The highest BCUT2D eigenvalue weighted by atomic mass is 32.2. The number of hydrogen-bond acceptors (Lipinski definition) is 6. The first-order chi connectivity index (χ1) is 7.92. The van der Waals surface area contributed by atoms with Gasteiger partial charge in [-0.15, -0.1) is 10.2 Å². The average Bonchev–Trinajstić information content (AvgIpc) is 2.66. The molecule has 1 heterocycles. The highest BCUT2D eigenvalue weighted by Crippen LogP contribution is 2.27. The van der Waals surface area contributed by atoms with E-state index in [1.807, 2.05) is 25.5 Å². The molecule has 0 atom stereocenters. The van der Waals surface area contributed by atoms with E-state index in [-0.39, 0.29) is 5.97 Å². The summed E-state index contributed by atoms with van der Waals surface area (Å²) in [5.41, 5.74) is 4.96. The summed E-state index contributed by atoms with van der Waals surface area (Å²) in [6.07, 6.45) is 0. The van der Waals surface area contributed by atoms with Crippen molar-refractivity contribution in [3.05, 3.63) is 5.82 Å². The van der Waals surface area contributed by atoms with Gasteiger partial charge in [-0.1, -0.05) is 11.8 Å². The maximum atomic E-state index is 11.5. The van der Waals surface area contributed by atoms with Gasteiger partial charge in [-0.3, -0.25) is 4.79 Å². The fourth-order valence-corrected chi connectivity index (χ4v) is 2.23. The van der Waals surface area contributed by atoms with Gasteiger partial charge in [0.2, 0.25) is 0 Å². The molecule has 0 radical (unpaired) electrons. The lowest BCUT2D eigenvalue weighted by Gasteiger charge is -2.20. The van der Waals surface area contributed by atoms with Crippen LogP contribution in [0.5, 0.6) is 0 Å². The topological polar surface area (TPSA) is 83.0 Å². The molecule has 6 nitrogen and oxygen atoms in total. The molecular weight excluding hydrogens is 240 g/mol. The molecule has 0 bridgehead atoms. The van der Waals surface area contributed by atoms with Gasteiger partial charge < -0.3 is 15.0 Å². The Morgan fingerprint density at radius 3 is 2.65 bits per heavy atom. The zero-order valence-electron chi connectivity index (χ0n) is 10.6. The van der Waals surface area contributed by atoms with Crippen molar-refractivity contribution >= 4 is 17.7 Å². The summed E-state index contributed by atoms with van der Waals surface area (Å²) in [7, 11) is 3.25. The minimum atomic E-state index is -0.547. The van der Waals surface area contributed by atoms with Crippen molar-refractivity contribution in [2.75, 3.05) is 12.9 Å². The molecule has 96 valence electrons. The molecule has 0 saturated heterocycles. The highest BCUT2D eigenvalue weighted by molar-refractivity contribution is 7.99. The van der Waals surface area contributed by atoms with Crippen LogP contribution in [-0.2, 0) is 23.1 Å². The number of nitrogens with zero attached hydrogens (tertiary/aromatic N) is 3. The second kappa shape index (κ2) is 5.50. The van der Waals surface area contributed by atoms with E-state index >= 15 is 0 Å². The SMILES string of the molecule is COC(=O)C(C)(C)CSc1nnc(CN)n1C. The van der Waals surface area contributed by atoms with E-state index in [4.69, 9.17) is 10.5 Å². The van der Waals surface area contributed by atoms with Crippen LogP contribution in [0, 0.1) is 5.41 Å². The van der Waals surface area contributed by atoms with Crippen LogP contribution >= 0.6 is 11.8 Å². The molecule has 2 N–H and O–H groups in total. The number of carbonyl (C=O) groups is 1. The maximum absolute atomic E-state index is 11.5. The van der Waals surface area contributed by atoms with E-state index in [0.29, 0.717) is 12.3 Å². The molecule has 0 aromatic carbocycles. The lowest BCUT2D eigenvalue weighted by atomic mass is 9.97. The van der Waals surface area contributed by atoms with E-state index in [1.54, 1.807) is 0 Å². The molecule has 0 aliphatic rings. The second-order valence-corrected chi connectivity index (χ2v) is 5.27. The van der Waals surface area contributed by atoms with Crippen molar-refractivity contribution in [1.29, 1.82) is 0 Å². The standard InChI is InChI=1S/C10H18N4O2S/c1-10(2,8(15)16-4)6-17-9-13-12-7(5-11)14(9)3/h5-6,11H2,1-4H3. The van der Waals surface area contributed by atoms with Crippen molar-refractivity contribution in [3.8, 4) is 0 Å². The summed E-state index contributed by atoms with van der Waals surface area (Å²) in [6.45, 7) is 4.03. The Kier molecular flexibility index (Phi) is 4.53. The number of nitrogens with two attached hydrogens (primary N) is 1. The predicted molar refractivity (Wildman–Crippen MR) is 65.4 cm³/mol. The van der Waals surface area contributed by atoms with Gasteiger partial charge in [-0.05, 0) is 13.8 Å². The summed E-state index contributed by atoms with van der Waals surface area (Å²) < 4.78 is 6.58. The van der Waals surface area contributed by atoms with Crippen molar-refractivity contribution < 1.29 is 9.53 Å². The van der Waals surface area contributed by atoms with Crippen LogP contribution in [0.4, 0.5) is 0 Å². The number of esters is 1. The van der Waals surface area contributed by atoms with Gasteiger partial charge >= 0.3 is 5.97 Å². The maximum Gasteiger partial charge on any atom is 0.312 e. The van der Waals surface area contributed by atoms with E-state index in [1.165, 1.54) is 18.9 Å². The van der Waals surface area contributed by atoms with Gasteiger partial charge in [-0.2, -0.15) is 0 Å². The first-order valence-corrected chi connectivity index (χ1v) is 6.20. The van der Waals surface area contributed by atoms with Gasteiger partial charge in [0.25, 0.3) is 0 Å². The van der Waals surface area contributed by atoms with Gasteiger partial charge in [0.15, 0.2) is 5.16 Å². The third-order valence-corrected chi connectivity index (χ3v) is 3.89. The molecule has 1 aromatic heterocycles. The molecule has 17 heavy (non-hydrogen) atoms. The zero-order chi connectivity index (χ0) is 13.1. The fraction of sp³-hybridized carbons (Fsp3) is 0.700. The molecule has 0 saturated carbocycles. The zero-order valence-corrected chi connectivity index (χ0v) is 11.4. The Bertz CT molecular complexity index is 403. The lowest BCUT2D eigenvalue weighted by Crippen LogP contribution is -2.28. The third-order valence-electron chi connectivity index (χ3n) is 2.41. The van der Waals surface area contributed by atoms with Crippen LogP contribution in [0.2, 0.25) is 0 Å². The summed E-state index contributed by atoms with van der Waals surface area (Å²) in [4.78, 5) is 11.5. The van der Waals surface area contributed by atoms with Crippen LogP contribution in [0.15, 0.2) is 5.16 Å². The molecule has 1 rings (SSSR count). The number of carbonyl (C=O) groups excluding carboxylic acids is 1. The Morgan fingerprint density at radius 2 is 2.18 bits per heavy atom. The predicted octanol–water partition coefficient (Wildman–Crippen LogP) is 0.565. The Labute approximate surface area is 105 Å². The molecule has 0 aliphatic heterocycles. The van der Waals surface area contributed by atoms with E-state index in [0.717, 1.165) is 11.0 Å². The first-order valence-electron chi connectivity index (χ1n) is 5.22. The number of aromatic nitrogens is 3. The molecular formula is C10H18N4O2S. The second-order valence-electron chi connectivity index (χ2n) is 4.33. The molecule has 0 aliphatic carbocycles. The average molecular weight is 258 g/mol. The summed E-state index contributed by atoms with van der Waals surface area (Å²) in [6, 6.07) is 0. The minimum Gasteiger partial charge on any atom is -0.469 e. The Balaban J connectivity index is 2.67. The quantitative estimate of drug-likeness (QED) is 0.614. The summed E-state index contributed by atoms with van der Waals surface area (Å²) in [5, 5.41) is 8.72. The van der Waals surface area contributed by atoms with Crippen molar-refractivity contribution in [1.82, 2.24) is 14.8 Å². The van der Waals surface area contributed by atoms with Gasteiger partial charge in [-0.25, -0.2) is 0 Å². The monoisotopic (exact) mass is 258 g/mol. The van der Waals surface area contributed by atoms with Gasteiger partial charge in [0.1, 0.15) is 5.82 Å². The summed E-state index contributed by atoms with van der Waals surface area (Å²) >= 11 is 1.47. The number of hydrogen-bond donors (Lipinski definition) is 1. The minimum absolute atomic E-state index is 0.230. The molecule has 0 amide bonds. The third kappa shape index (κ3) is 3.19. The van der Waals surface area contributed by atoms with Gasteiger partial charge in [0.05, 0.1) is 19.1 Å². The summed E-state index contributed by atoms with van der Waals surface area (Å²) in [5.74, 6) is 1.07. The highest BCUT2D eigenvalue weighted by Gasteiger charge is 2.29. The van der Waals surface area contributed by atoms with Crippen molar-refractivity contribution in [2.45, 2.75) is 25.5 Å². The number of methoxy groups -OCH3 is 1. The van der Waals surface area contributed by atoms with Crippen LogP contribution in [0.3, 0.4) is 0 Å². The van der Waals surface area contributed by atoms with Crippen LogP contribution in [-0.4, -0.2) is 33.6 Å². The van der Waals surface area contributed by atoms with Crippen LogP contribution in [0.25, 0.3) is 0 Å². The van der Waals surface area contributed by atoms with Crippen molar-refractivity contribution in [2.24, 2.45) is 18.2 Å². The lowest BCUT2D eigenvalue weighted by molar-refractivity contribution is -0.149. The molecule has 7 heteroatoms. The normalized spacial score (nSPS) is 11.6. The largest absolute Gasteiger partial charge is 0.469 e. The number of thioether (sulfide) groups is 1. The van der Waals surface area contributed by atoms with Crippen LogP contribution in [0.1, 0.15) is 19.7 Å². The van der Waals surface area contributed by atoms with E-state index in [9.17, 15) is 4.79 Å². The molecule has 1 aromatic rings. The van der Waals surface area contributed by atoms with Gasteiger partial charge in [0, 0.05) is 12.8 Å². The first kappa shape index (κ1) is 14.0. The van der Waals surface area contributed by atoms with Crippen molar-refractivity contribution in [3.63, 3.8) is 0 Å². The Hall–Kier alpha value is -1.08. The Morgan fingerprint density at radius 1 is 1.53 bits per heavy atom. The molecule has 0 fully saturated rings. The molecule has 0 unspecified atom stereocenters. The molecule has 0 spiro atoms. The van der Waals surface area contributed by atoms with E-state index < -0.39 is 5.41 Å². The van der Waals surface area contributed by atoms with E-state index in [2.05, 4.69) is 10.2 Å². The van der Waals surface area contributed by atoms with Crippen LogP contribution < -0.4 is 5.73 Å². The number of rotatable bonds is 5. The smallest absolute Gasteiger partial charge is 0.312 e.